The number of carbonyl (C=O) groups excluding carboxylic acids is 4. The average molecular weight is 1520 g/mol. The van der Waals surface area contributed by atoms with Crippen LogP contribution in [0.1, 0.15) is 447 Å². The van der Waals surface area contributed by atoms with Crippen molar-refractivity contribution in [3.8, 4) is 0 Å². The number of esters is 4. The Labute approximate surface area is 638 Å². The van der Waals surface area contributed by atoms with Crippen molar-refractivity contribution in [2.24, 2.45) is 17.8 Å². The van der Waals surface area contributed by atoms with Gasteiger partial charge in [-0.1, -0.05) is 395 Å². The van der Waals surface area contributed by atoms with Crippen molar-refractivity contribution in [3.63, 3.8) is 0 Å². The maximum atomic E-state index is 13.1. The van der Waals surface area contributed by atoms with E-state index in [4.69, 9.17) is 37.0 Å². The maximum Gasteiger partial charge on any atom is 0.472 e. The lowest BCUT2D eigenvalue weighted by molar-refractivity contribution is -0.161. The molecule has 0 fully saturated rings. The monoisotopic (exact) mass is 1520 g/mol. The van der Waals surface area contributed by atoms with E-state index in [2.05, 4.69) is 48.5 Å². The molecule has 0 rings (SSSR count). The Bertz CT molecular complexity index is 2010. The molecule has 104 heavy (non-hydrogen) atoms. The average Bonchev–Trinajstić information content (AvgIpc) is 0.934. The highest BCUT2D eigenvalue weighted by Crippen LogP contribution is 2.45. The van der Waals surface area contributed by atoms with Gasteiger partial charge in [0.2, 0.25) is 0 Å². The third kappa shape index (κ3) is 75.5. The molecular weight excluding hydrogens is 1350 g/mol. The molecule has 0 radical (unpaired) electrons. The summed E-state index contributed by atoms with van der Waals surface area (Å²) < 4.78 is 68.7. The topological polar surface area (TPSA) is 237 Å². The van der Waals surface area contributed by atoms with Gasteiger partial charge in [0.1, 0.15) is 19.3 Å². The van der Waals surface area contributed by atoms with Crippen LogP contribution in [0, 0.1) is 17.8 Å². The van der Waals surface area contributed by atoms with E-state index < -0.39 is 97.5 Å². The summed E-state index contributed by atoms with van der Waals surface area (Å²) in [6.07, 6.45) is 65.3. The van der Waals surface area contributed by atoms with E-state index in [0.717, 1.165) is 120 Å². The molecule has 0 saturated carbocycles. The van der Waals surface area contributed by atoms with E-state index in [1.807, 2.05) is 0 Å². The fraction of sp³-hybridized carbons (Fsp3) is 0.953. The van der Waals surface area contributed by atoms with Gasteiger partial charge in [-0.05, 0) is 43.4 Å². The minimum Gasteiger partial charge on any atom is -0.462 e. The SMILES string of the molecule is CCCCCCCCCC(=O)OC[C@H](COP(=O)(O)OC[C@H](O)COP(=O)(O)OC[C@@H](COC(=O)CCCCCCCCCCCCCCCCC(C)CC)OC(=O)CCCCCCCCCCCCCCCCCCCCC(C)CC)OC(=O)CCCCCCCCCCCCCCCCC(C)C. The van der Waals surface area contributed by atoms with Gasteiger partial charge in [-0.15, -0.1) is 0 Å². The van der Waals surface area contributed by atoms with Crippen LogP contribution in [0.15, 0.2) is 0 Å². The van der Waals surface area contributed by atoms with Crippen LogP contribution in [-0.4, -0.2) is 96.7 Å². The van der Waals surface area contributed by atoms with Crippen LogP contribution in [0.5, 0.6) is 0 Å². The number of phosphoric acid groups is 2. The molecule has 0 saturated heterocycles. The van der Waals surface area contributed by atoms with E-state index >= 15 is 0 Å². The number of rotatable bonds is 83. The van der Waals surface area contributed by atoms with Crippen molar-refractivity contribution >= 4 is 39.5 Å². The molecule has 0 aromatic heterocycles. The molecular formula is C85H166O17P2. The summed E-state index contributed by atoms with van der Waals surface area (Å²) in [6, 6.07) is 0. The van der Waals surface area contributed by atoms with Crippen LogP contribution in [0.3, 0.4) is 0 Å². The number of hydrogen-bond acceptors (Lipinski definition) is 15. The van der Waals surface area contributed by atoms with Gasteiger partial charge in [-0.25, -0.2) is 9.13 Å². The predicted octanol–water partition coefficient (Wildman–Crippen LogP) is 25.7. The summed E-state index contributed by atoms with van der Waals surface area (Å²) in [7, 11) is -9.92. The van der Waals surface area contributed by atoms with Crippen molar-refractivity contribution in [1.29, 1.82) is 0 Å². The van der Waals surface area contributed by atoms with Gasteiger partial charge in [0.05, 0.1) is 26.4 Å². The summed E-state index contributed by atoms with van der Waals surface area (Å²) in [6.45, 7) is 12.1. The first-order chi connectivity index (χ1) is 50.3. The van der Waals surface area contributed by atoms with Crippen LogP contribution in [0.25, 0.3) is 0 Å². The highest BCUT2D eigenvalue weighted by atomic mass is 31.2. The normalized spacial score (nSPS) is 14.4. The Kier molecular flexibility index (Phi) is 73.7. The molecule has 0 aliphatic heterocycles. The number of aliphatic hydroxyl groups excluding tert-OH is 1. The number of ether oxygens (including phenoxy) is 4. The van der Waals surface area contributed by atoms with Crippen molar-refractivity contribution in [3.05, 3.63) is 0 Å². The molecule has 4 unspecified atom stereocenters. The van der Waals surface area contributed by atoms with Crippen molar-refractivity contribution in [1.82, 2.24) is 0 Å². The van der Waals surface area contributed by atoms with E-state index in [0.29, 0.717) is 25.7 Å². The van der Waals surface area contributed by atoms with Gasteiger partial charge in [0.25, 0.3) is 0 Å². The van der Waals surface area contributed by atoms with Gasteiger partial charge in [0, 0.05) is 25.7 Å². The highest BCUT2D eigenvalue weighted by molar-refractivity contribution is 7.47. The summed E-state index contributed by atoms with van der Waals surface area (Å²) in [5, 5.41) is 10.6. The van der Waals surface area contributed by atoms with Crippen LogP contribution in [0.4, 0.5) is 0 Å². The minimum absolute atomic E-state index is 0.107. The van der Waals surface area contributed by atoms with Crippen LogP contribution < -0.4 is 0 Å². The number of phosphoric ester groups is 2. The number of hydrogen-bond donors (Lipinski definition) is 3. The second-order valence-electron chi connectivity index (χ2n) is 31.5. The molecule has 0 aromatic rings. The van der Waals surface area contributed by atoms with Gasteiger partial charge >= 0.3 is 39.5 Å². The molecule has 0 aliphatic rings. The van der Waals surface area contributed by atoms with E-state index in [-0.39, 0.29) is 25.7 Å². The Morgan fingerprint density at radius 3 is 0.731 bits per heavy atom. The summed E-state index contributed by atoms with van der Waals surface area (Å²) in [4.78, 5) is 73.0. The number of aliphatic hydroxyl groups is 1. The first kappa shape index (κ1) is 102. The molecule has 7 atom stereocenters. The zero-order valence-corrected chi connectivity index (χ0v) is 70.3. The molecule has 19 heteroatoms. The zero-order valence-electron chi connectivity index (χ0n) is 68.5. The maximum absolute atomic E-state index is 13.1. The fourth-order valence-electron chi connectivity index (χ4n) is 13.1. The van der Waals surface area contributed by atoms with Crippen molar-refractivity contribution in [2.45, 2.75) is 465 Å². The zero-order chi connectivity index (χ0) is 76.5. The lowest BCUT2D eigenvalue weighted by Gasteiger charge is -2.21. The lowest BCUT2D eigenvalue weighted by atomic mass is 9.99. The van der Waals surface area contributed by atoms with Crippen molar-refractivity contribution in [2.75, 3.05) is 39.6 Å². The second kappa shape index (κ2) is 75.1. The first-order valence-corrected chi connectivity index (χ1v) is 46.9. The number of unbranched alkanes of at least 4 members (excludes halogenated alkanes) is 49. The van der Waals surface area contributed by atoms with Crippen LogP contribution in [-0.2, 0) is 65.4 Å². The molecule has 0 aromatic carbocycles. The second-order valence-corrected chi connectivity index (χ2v) is 34.4. The van der Waals surface area contributed by atoms with Crippen LogP contribution >= 0.6 is 15.6 Å². The molecule has 3 N–H and O–H groups in total. The standard InChI is InChI=1S/C85H166O17P2/c1-8-11-12-13-42-52-59-66-82(87)95-72-80(101-84(89)68-62-55-48-41-35-29-22-20-24-30-36-43-49-56-63-76(4)5)74-99-103(91,92)97-70-79(86)71-98-104(93,94)100-75-81(73-96-83(88)67-60-53-46-39-33-27-23-21-26-32-38-45-51-58-65-78(7)10-3)102-85(90)69-61-54-47-40-34-28-19-17-15-14-16-18-25-31-37-44-50-57-64-77(6)9-2/h76-81,86H,8-75H2,1-7H3,(H,91,92)(H,93,94)/t77?,78?,79-,80+,81+/m0/s1. The summed E-state index contributed by atoms with van der Waals surface area (Å²) >= 11 is 0. The Hall–Kier alpha value is -1.94. The Balaban J connectivity index is 5.17. The lowest BCUT2D eigenvalue weighted by Crippen LogP contribution is -2.30. The highest BCUT2D eigenvalue weighted by Gasteiger charge is 2.30. The van der Waals surface area contributed by atoms with Gasteiger partial charge in [-0.3, -0.25) is 37.3 Å². The van der Waals surface area contributed by atoms with Gasteiger partial charge in [0.15, 0.2) is 12.2 Å². The Morgan fingerprint density at radius 2 is 0.490 bits per heavy atom. The molecule has 618 valence electrons. The van der Waals surface area contributed by atoms with E-state index in [1.54, 1.807) is 0 Å². The van der Waals surface area contributed by atoms with Gasteiger partial charge in [-0.2, -0.15) is 0 Å². The van der Waals surface area contributed by atoms with E-state index in [1.165, 1.54) is 244 Å². The molecule has 0 amide bonds. The van der Waals surface area contributed by atoms with Gasteiger partial charge < -0.3 is 33.8 Å². The summed E-state index contributed by atoms with van der Waals surface area (Å²) in [5.74, 6) is 0.406. The molecule has 0 bridgehead atoms. The fourth-order valence-corrected chi connectivity index (χ4v) is 14.7. The quantitative estimate of drug-likeness (QED) is 0.0222. The Morgan fingerprint density at radius 1 is 0.279 bits per heavy atom. The number of carbonyl (C=O) groups is 4. The smallest absolute Gasteiger partial charge is 0.462 e. The molecule has 17 nitrogen and oxygen atoms in total. The molecule has 0 spiro atoms. The van der Waals surface area contributed by atoms with Crippen molar-refractivity contribution < 1.29 is 80.2 Å². The predicted molar refractivity (Wildman–Crippen MR) is 428 cm³/mol. The molecule has 0 aliphatic carbocycles. The van der Waals surface area contributed by atoms with Crippen LogP contribution in [0.2, 0.25) is 0 Å². The minimum atomic E-state index is -4.96. The third-order valence-electron chi connectivity index (χ3n) is 20.6. The first-order valence-electron chi connectivity index (χ1n) is 43.9. The van der Waals surface area contributed by atoms with E-state index in [9.17, 15) is 43.2 Å². The summed E-state index contributed by atoms with van der Waals surface area (Å²) in [5.41, 5.74) is 0. The largest absolute Gasteiger partial charge is 0.472 e. The third-order valence-corrected chi connectivity index (χ3v) is 22.5. The molecule has 0 heterocycles.